The van der Waals surface area contributed by atoms with Gasteiger partial charge >= 0.3 is 24.7 Å². The Labute approximate surface area is 373 Å². The maximum atomic E-state index is 11.5. The van der Waals surface area contributed by atoms with E-state index in [2.05, 4.69) is 103 Å². The second kappa shape index (κ2) is 26.7. The number of alkyl halides is 12. The zero-order chi connectivity index (χ0) is 48.7. The second-order valence-corrected chi connectivity index (χ2v) is 25.5. The van der Waals surface area contributed by atoms with Gasteiger partial charge in [0, 0.05) is 42.5 Å². The predicted octanol–water partition coefficient (Wildman–Crippen LogP) is 11.5. The summed E-state index contributed by atoms with van der Waals surface area (Å²) in [6, 6.07) is 12.8. The van der Waals surface area contributed by atoms with E-state index in [-0.39, 0.29) is 16.5 Å². The third-order valence-electron chi connectivity index (χ3n) is 8.30. The molecule has 0 aliphatic carbocycles. The van der Waals surface area contributed by atoms with E-state index in [0.29, 0.717) is 0 Å². The van der Waals surface area contributed by atoms with Crippen molar-refractivity contribution in [2.75, 3.05) is 13.2 Å². The molecule has 2 rings (SSSR count). The van der Waals surface area contributed by atoms with Gasteiger partial charge in [0.25, 0.3) is 0 Å². The van der Waals surface area contributed by atoms with Crippen LogP contribution in [-0.2, 0) is 25.3 Å². The number of halogens is 12. The Morgan fingerprint density at radius 3 is 0.905 bits per heavy atom. The number of aliphatic imine (C=N–C) groups is 2. The Morgan fingerprint density at radius 2 is 0.714 bits per heavy atom. The van der Waals surface area contributed by atoms with Crippen LogP contribution in [0.15, 0.2) is 46.4 Å². The molecule has 0 saturated heterocycles. The molecule has 2 aromatic carbocycles. The quantitative estimate of drug-likeness (QED) is 0.0542. The summed E-state index contributed by atoms with van der Waals surface area (Å²) < 4.78 is 150. The number of rotatable bonds is 17. The zero-order valence-electron chi connectivity index (χ0n) is 36.8. The second-order valence-electron chi connectivity index (χ2n) is 16.4. The predicted molar refractivity (Wildman–Crippen MR) is 221 cm³/mol. The number of hydrogen-bond acceptors (Lipinski definition) is 8. The molecule has 0 radical (unpaired) electrons. The van der Waals surface area contributed by atoms with E-state index in [1.807, 2.05) is 0 Å². The summed E-state index contributed by atoms with van der Waals surface area (Å²) in [5, 5.41) is 32.5. The van der Waals surface area contributed by atoms with Gasteiger partial charge in [-0.25, -0.2) is 0 Å². The molecule has 0 fully saturated rings. The van der Waals surface area contributed by atoms with E-state index in [4.69, 9.17) is 39.3 Å². The Kier molecular flexibility index (Phi) is 26.6. The molecular weight excluding hydrogens is 947 g/mol. The average molecular weight is 1010 g/mol. The summed E-state index contributed by atoms with van der Waals surface area (Å²) in [6.07, 6.45) is -33.3. The molecule has 8 nitrogen and oxygen atoms in total. The number of benzene rings is 2. The van der Waals surface area contributed by atoms with Gasteiger partial charge in [-0.3, -0.25) is 9.98 Å². The molecule has 4 N–H and O–H groups in total. The fourth-order valence-electron chi connectivity index (χ4n) is 4.96. The van der Waals surface area contributed by atoms with Gasteiger partial charge in [0.05, 0.1) is 22.8 Å². The van der Waals surface area contributed by atoms with Crippen molar-refractivity contribution in [3.63, 3.8) is 0 Å². The van der Waals surface area contributed by atoms with Crippen LogP contribution in [0, 0.1) is 27.7 Å². The van der Waals surface area contributed by atoms with E-state index < -0.39 is 78.6 Å². The first-order chi connectivity index (χ1) is 27.9. The molecule has 4 atom stereocenters. The summed E-state index contributed by atoms with van der Waals surface area (Å²) in [7, 11) is -3.10. The van der Waals surface area contributed by atoms with Crippen molar-refractivity contribution in [3.05, 3.63) is 58.7 Å². The molecule has 0 heterocycles. The average Bonchev–Trinajstić information content (AvgIpc) is 3.08. The molecule has 0 aromatic heterocycles. The van der Waals surface area contributed by atoms with Crippen molar-refractivity contribution in [1.29, 1.82) is 0 Å². The molecule has 0 spiro atoms. The van der Waals surface area contributed by atoms with Crippen LogP contribution >= 0.6 is 0 Å². The number of para-hydroxylation sites is 2. The molecule has 23 heteroatoms. The minimum atomic E-state index is -5.15. The fourth-order valence-corrected chi connectivity index (χ4v) is 6.47. The number of aliphatic hydroxyl groups excluding tert-OH is 4. The van der Waals surface area contributed by atoms with Crippen LogP contribution in [0.5, 0.6) is 0 Å². The molecule has 368 valence electrons. The van der Waals surface area contributed by atoms with Crippen molar-refractivity contribution in [1.82, 2.24) is 0 Å². The number of aliphatic hydroxyl groups is 4. The molecule has 0 saturated carbocycles. The molecule has 63 heavy (non-hydrogen) atoms. The van der Waals surface area contributed by atoms with E-state index in [0.717, 1.165) is 61.7 Å². The summed E-state index contributed by atoms with van der Waals surface area (Å²) in [4.78, 5) is 10.6. The van der Waals surface area contributed by atoms with Crippen LogP contribution in [-0.4, -0.2) is 111 Å². The summed E-state index contributed by atoms with van der Waals surface area (Å²) in [5.41, 5.74) is 9.04. The number of hydrogen-bond donors (Lipinski definition) is 4. The topological polar surface area (TPSA) is 124 Å². The van der Waals surface area contributed by atoms with Crippen LogP contribution in [0.3, 0.4) is 0 Å². The first-order valence-corrected chi connectivity index (χ1v) is 26.2. The van der Waals surface area contributed by atoms with Crippen LogP contribution in [0.4, 0.5) is 64.1 Å². The van der Waals surface area contributed by atoms with Gasteiger partial charge < -0.3 is 29.3 Å². The Balaban J connectivity index is 0. The number of nitrogens with zero attached hydrogens (tertiary/aromatic N) is 2. The smallest absolute Gasteiger partial charge is 0.414 e. The third kappa shape index (κ3) is 27.0. The third-order valence-corrected chi connectivity index (χ3v) is 10.4. The van der Waals surface area contributed by atoms with E-state index >= 15 is 0 Å². The normalized spacial score (nSPS) is 15.3. The Morgan fingerprint density at radius 1 is 0.492 bits per heavy atom. The fraction of sp³-hybridized carbons (Fsp3) is 0.650. The molecular formula is C40H60F12N2NiO6Si2. The molecule has 0 amide bonds. The number of aryl methyl sites for hydroxylation is 4. The standard InChI is InChI=1S/C30H48N2O2Si2.2C5H6F6O2.Ni/c1-23-15-11-16-24(2)29(23)31-27(19-13-21-33-35(5,6)7)28(20-14-22-34-36(8,9)10)32-30-25(3)17-12-18-26(30)4;2*6-4(7,8)2(12)1-3(13)5(9,10)11;/h11-12,15-18H,13-14,19-22H2,1-10H3;2*2-3,12-13H,1H2;. The minimum Gasteiger partial charge on any atom is -0.418 e. The van der Waals surface area contributed by atoms with E-state index in [1.54, 1.807) is 0 Å². The summed E-state index contributed by atoms with van der Waals surface area (Å²) >= 11 is 0. The van der Waals surface area contributed by atoms with Gasteiger partial charge in [-0.1, -0.05) is 36.4 Å². The molecule has 0 aliphatic rings. The first-order valence-electron chi connectivity index (χ1n) is 19.4. The molecule has 0 bridgehead atoms. The van der Waals surface area contributed by atoms with Crippen molar-refractivity contribution in [2.45, 2.75) is 155 Å². The van der Waals surface area contributed by atoms with Crippen LogP contribution in [0.25, 0.3) is 0 Å². The van der Waals surface area contributed by atoms with E-state index in [1.165, 1.54) is 22.3 Å². The van der Waals surface area contributed by atoms with Gasteiger partial charge in [0.2, 0.25) is 0 Å². The monoisotopic (exact) mass is 1010 g/mol. The van der Waals surface area contributed by atoms with Crippen LogP contribution in [0.2, 0.25) is 39.3 Å². The molecule has 0 aliphatic heterocycles. The van der Waals surface area contributed by atoms with Gasteiger partial charge in [-0.2, -0.15) is 52.7 Å². The first kappa shape index (κ1) is 62.7. The van der Waals surface area contributed by atoms with Gasteiger partial charge in [-0.15, -0.1) is 0 Å². The largest absolute Gasteiger partial charge is 0.418 e. The van der Waals surface area contributed by atoms with Crippen molar-refractivity contribution in [2.24, 2.45) is 9.98 Å². The maximum Gasteiger partial charge on any atom is 0.414 e. The zero-order valence-corrected chi connectivity index (χ0v) is 39.8. The molecule has 2 aromatic rings. The summed E-state index contributed by atoms with van der Waals surface area (Å²) in [5.74, 6) is 0. The minimum absolute atomic E-state index is 0. The van der Waals surface area contributed by atoms with Gasteiger partial charge in [0.1, 0.15) is 0 Å². The van der Waals surface area contributed by atoms with E-state index in [9.17, 15) is 52.7 Å². The maximum absolute atomic E-state index is 11.5. The Bertz CT molecular complexity index is 1510. The van der Waals surface area contributed by atoms with Gasteiger partial charge in [-0.05, 0) is 115 Å². The van der Waals surface area contributed by atoms with Crippen LogP contribution in [0.1, 0.15) is 60.8 Å². The molecule has 4 unspecified atom stereocenters. The van der Waals surface area contributed by atoms with Crippen LogP contribution < -0.4 is 0 Å². The van der Waals surface area contributed by atoms with Crippen molar-refractivity contribution in [3.8, 4) is 0 Å². The summed E-state index contributed by atoms with van der Waals surface area (Å²) in [6.45, 7) is 23.5. The Hall–Kier alpha value is -2.37. The van der Waals surface area contributed by atoms with Gasteiger partial charge in [0.15, 0.2) is 41.1 Å². The van der Waals surface area contributed by atoms with Crippen molar-refractivity contribution < 1.29 is 98.5 Å². The van der Waals surface area contributed by atoms with Crippen molar-refractivity contribution >= 4 is 39.4 Å². The SMILES string of the molecule is Cc1cccc(C)c1N=C(CCCO[Si](C)(C)C)C(CCCO[Si](C)(C)C)=Nc1c(C)cccc1C.OC(CC(O)C(F)(F)F)C(F)(F)F.OC(CC(O)C(F)(F)F)C(F)(F)F.[Ni].